The highest BCUT2D eigenvalue weighted by molar-refractivity contribution is 5.87. The van der Waals surface area contributed by atoms with Crippen LogP contribution in [0.15, 0.2) is 60.5 Å². The molecule has 4 N–H and O–H groups in total. The number of anilines is 3. The molecule has 4 heterocycles. The van der Waals surface area contributed by atoms with Crippen molar-refractivity contribution in [1.29, 1.82) is 5.41 Å². The van der Waals surface area contributed by atoms with E-state index in [4.69, 9.17) is 22.8 Å². The van der Waals surface area contributed by atoms with Crippen molar-refractivity contribution in [3.8, 4) is 0 Å². The number of nitrogens with one attached hydrogen (secondary N) is 2. The molecule has 3 aromatic heterocycles. The van der Waals surface area contributed by atoms with E-state index >= 15 is 0 Å². The predicted molar refractivity (Wildman–Crippen MR) is 151 cm³/mol. The summed E-state index contributed by atoms with van der Waals surface area (Å²) in [4.78, 5) is 7.70. The lowest BCUT2D eigenvalue weighted by atomic mass is 10.1. The molecule has 0 unspecified atom stereocenters. The number of hydrogen-bond acceptors (Lipinski definition) is 5. The zero-order valence-corrected chi connectivity index (χ0v) is 20.4. The van der Waals surface area contributed by atoms with Crippen molar-refractivity contribution in [2.75, 3.05) is 41.7 Å². The molecule has 0 spiro atoms. The molecule has 1 fully saturated rings. The second-order valence-electron chi connectivity index (χ2n) is 8.82. The average molecular weight is 473 g/mol. The standard InChI is InChI=1S/C19H26N5.C9H8N2.2H2/c1-3-5-10-23(9-4-2)19-14-16(20)13-17-15-18(21-24(17)19)22-11-7-6-8-12-22;10-6-7-1-2-9-8(5-7)3-4-11-9;;/h1,5,13-15H,4,6-12,20H2,2H3;1-6,10-11H;2*1H. The Bertz CT molecular complexity index is 1330. The largest absolute Gasteiger partial charge is 0.399 e. The first-order valence-electron chi connectivity index (χ1n) is 12.3. The van der Waals surface area contributed by atoms with Gasteiger partial charge in [-0.15, -0.1) is 10.8 Å². The van der Waals surface area contributed by atoms with Crippen LogP contribution in [0.2, 0.25) is 0 Å². The number of pyridine rings is 1. The van der Waals surface area contributed by atoms with Gasteiger partial charge in [-0.05, 0) is 73.6 Å². The van der Waals surface area contributed by atoms with Crippen LogP contribution in [-0.2, 0) is 0 Å². The molecule has 1 saturated heterocycles. The van der Waals surface area contributed by atoms with Gasteiger partial charge in [0.2, 0.25) is 0 Å². The SMILES string of the molecule is N=Cc1ccc2[nH]ccc2c1.[CH]=C=CCN(CCC)c1cc(N)cc2cc(N3CCCCC3)nn12.[HH].[HH]. The topological polar surface area (TPSA) is 89.4 Å². The summed E-state index contributed by atoms with van der Waals surface area (Å²) in [5.41, 5.74) is 12.6. The fraction of sp³-hybridized carbons (Fsp3) is 0.321. The van der Waals surface area contributed by atoms with E-state index in [2.05, 4.69) is 33.5 Å². The van der Waals surface area contributed by atoms with Crippen molar-refractivity contribution in [2.45, 2.75) is 32.6 Å². The highest BCUT2D eigenvalue weighted by Crippen LogP contribution is 2.26. The quantitative estimate of drug-likeness (QED) is 0.230. The van der Waals surface area contributed by atoms with E-state index in [1.165, 1.54) is 25.5 Å². The van der Waals surface area contributed by atoms with Gasteiger partial charge in [0.1, 0.15) is 5.82 Å². The van der Waals surface area contributed by atoms with Crippen molar-refractivity contribution >= 4 is 40.0 Å². The van der Waals surface area contributed by atoms with E-state index in [1.54, 1.807) is 0 Å². The lowest BCUT2D eigenvalue weighted by molar-refractivity contribution is 0.572. The Morgan fingerprint density at radius 3 is 2.77 bits per heavy atom. The van der Waals surface area contributed by atoms with Crippen LogP contribution < -0.4 is 15.5 Å². The number of piperidine rings is 1. The van der Waals surface area contributed by atoms with Gasteiger partial charge < -0.3 is 25.9 Å². The van der Waals surface area contributed by atoms with Gasteiger partial charge in [0.15, 0.2) is 5.82 Å². The maximum absolute atomic E-state index is 7.04. The van der Waals surface area contributed by atoms with Crippen LogP contribution in [-0.4, -0.2) is 47.0 Å². The Morgan fingerprint density at radius 2 is 2.03 bits per heavy atom. The molecule has 0 aliphatic carbocycles. The fourth-order valence-electron chi connectivity index (χ4n) is 4.49. The Hall–Kier alpha value is -3.96. The zero-order valence-electron chi connectivity index (χ0n) is 20.4. The normalized spacial score (nSPS) is 13.2. The third-order valence-electron chi connectivity index (χ3n) is 6.22. The van der Waals surface area contributed by atoms with Crippen molar-refractivity contribution in [3.63, 3.8) is 0 Å². The number of fused-ring (bicyclic) bond motifs is 2. The van der Waals surface area contributed by atoms with Gasteiger partial charge in [0.25, 0.3) is 0 Å². The molecule has 35 heavy (non-hydrogen) atoms. The third-order valence-corrected chi connectivity index (χ3v) is 6.22. The third kappa shape index (κ3) is 5.76. The zero-order chi connectivity index (χ0) is 24.6. The average Bonchev–Trinajstić information content (AvgIpc) is 3.53. The summed E-state index contributed by atoms with van der Waals surface area (Å²) in [5.74, 6) is 2.04. The second-order valence-corrected chi connectivity index (χ2v) is 8.82. The van der Waals surface area contributed by atoms with Gasteiger partial charge in [-0.25, -0.2) is 4.52 Å². The summed E-state index contributed by atoms with van der Waals surface area (Å²) in [7, 11) is 0. The molecule has 5 rings (SSSR count). The number of rotatable bonds is 7. The maximum atomic E-state index is 7.04. The first-order valence-corrected chi connectivity index (χ1v) is 12.3. The molecule has 1 radical (unpaired) electrons. The van der Waals surface area contributed by atoms with Crippen LogP contribution in [0.3, 0.4) is 0 Å². The van der Waals surface area contributed by atoms with Gasteiger partial charge >= 0.3 is 0 Å². The van der Waals surface area contributed by atoms with Crippen LogP contribution in [0, 0.1) is 12.0 Å². The van der Waals surface area contributed by atoms with Crippen LogP contribution in [0.5, 0.6) is 0 Å². The molecule has 0 saturated carbocycles. The van der Waals surface area contributed by atoms with Crippen LogP contribution in [0.25, 0.3) is 16.4 Å². The number of aromatic nitrogens is 3. The maximum Gasteiger partial charge on any atom is 0.151 e. The number of nitrogens with zero attached hydrogens (tertiary/aromatic N) is 4. The van der Waals surface area contributed by atoms with Gasteiger partial charge in [-0.2, -0.15) is 0 Å². The highest BCUT2D eigenvalue weighted by atomic mass is 15.4. The Kier molecular flexibility index (Phi) is 7.91. The molecule has 1 aliphatic rings. The van der Waals surface area contributed by atoms with E-state index in [0.29, 0.717) is 6.54 Å². The van der Waals surface area contributed by atoms with Crippen molar-refractivity contribution in [3.05, 3.63) is 72.6 Å². The molecule has 1 aromatic carbocycles. The van der Waals surface area contributed by atoms with Crippen LogP contribution in [0.1, 0.15) is 41.0 Å². The summed E-state index contributed by atoms with van der Waals surface area (Å²) in [5, 5.41) is 13.1. The summed E-state index contributed by atoms with van der Waals surface area (Å²) >= 11 is 0. The van der Waals surface area contributed by atoms with E-state index < -0.39 is 0 Å². The van der Waals surface area contributed by atoms with Gasteiger partial charge in [0, 0.05) is 64.8 Å². The molecular weight excluding hydrogens is 434 g/mol. The van der Waals surface area contributed by atoms with E-state index in [9.17, 15) is 0 Å². The summed E-state index contributed by atoms with van der Waals surface area (Å²) < 4.78 is 2.00. The monoisotopic (exact) mass is 472 g/mol. The van der Waals surface area contributed by atoms with Gasteiger partial charge in [0.05, 0.1) is 5.52 Å². The molecule has 0 atom stereocenters. The molecule has 0 bridgehead atoms. The Labute approximate surface area is 210 Å². The Morgan fingerprint density at radius 1 is 1.20 bits per heavy atom. The van der Waals surface area contributed by atoms with E-state index in [1.807, 2.05) is 53.2 Å². The lowest BCUT2D eigenvalue weighted by Gasteiger charge is -2.26. The first kappa shape index (κ1) is 24.2. The highest BCUT2D eigenvalue weighted by Gasteiger charge is 2.17. The van der Waals surface area contributed by atoms with Crippen molar-refractivity contribution in [1.82, 2.24) is 14.6 Å². The number of nitrogen functional groups attached to an aromatic ring is 1. The fourth-order valence-corrected chi connectivity index (χ4v) is 4.49. The number of nitrogens with two attached hydrogens (primary N) is 1. The van der Waals surface area contributed by atoms with Crippen LogP contribution >= 0.6 is 0 Å². The number of hydrogen-bond donors (Lipinski definition) is 3. The molecule has 7 nitrogen and oxygen atoms in total. The number of benzene rings is 1. The van der Waals surface area contributed by atoms with Crippen LogP contribution in [0.4, 0.5) is 17.3 Å². The minimum Gasteiger partial charge on any atom is -0.399 e. The Balaban J connectivity index is 0.000000312. The van der Waals surface area contributed by atoms with Gasteiger partial charge in [-0.3, -0.25) is 0 Å². The molecule has 4 aromatic rings. The minimum atomic E-state index is 0. The van der Waals surface area contributed by atoms with Crippen molar-refractivity contribution < 1.29 is 2.85 Å². The molecule has 7 heteroatoms. The number of aromatic amines is 1. The first-order chi connectivity index (χ1) is 17.1. The molecule has 1 aliphatic heterocycles. The number of H-pyrrole nitrogens is 1. The van der Waals surface area contributed by atoms with E-state index in [-0.39, 0.29) is 2.85 Å². The summed E-state index contributed by atoms with van der Waals surface area (Å²) in [6.07, 6.45) is 9.91. The predicted octanol–water partition coefficient (Wildman–Crippen LogP) is 5.93. The molecular formula is C28H38N7. The van der Waals surface area contributed by atoms with Gasteiger partial charge in [-0.1, -0.05) is 13.0 Å². The van der Waals surface area contributed by atoms with E-state index in [0.717, 1.165) is 65.4 Å². The minimum absolute atomic E-state index is 0. The molecule has 185 valence electrons. The second kappa shape index (κ2) is 11.4. The summed E-state index contributed by atoms with van der Waals surface area (Å²) in [6.45, 7) is 11.3. The lowest BCUT2D eigenvalue weighted by Crippen LogP contribution is -2.30. The molecule has 0 amide bonds. The summed E-state index contributed by atoms with van der Waals surface area (Å²) in [6, 6.07) is 14.0. The van der Waals surface area contributed by atoms with Crippen molar-refractivity contribution in [2.24, 2.45) is 0 Å². The smallest absolute Gasteiger partial charge is 0.151 e.